The van der Waals surface area contributed by atoms with Crippen molar-refractivity contribution in [3.05, 3.63) is 47.5 Å². The molecule has 0 bridgehead atoms. The Bertz CT molecular complexity index is 804. The van der Waals surface area contributed by atoms with Gasteiger partial charge in [0.2, 0.25) is 0 Å². The van der Waals surface area contributed by atoms with Crippen LogP contribution in [0.1, 0.15) is 58.8 Å². The second-order valence-corrected chi connectivity index (χ2v) is 21.8. The Balaban J connectivity index is 2.37. The molecule has 3 unspecified atom stereocenters. The fraction of sp³-hybridized carbons (Fsp3) is 0.640. The number of Topliss-reactive ketones (excluding diaryl/α,β-unsaturated/α-hetero) is 1. The van der Waals surface area contributed by atoms with Gasteiger partial charge in [0.1, 0.15) is 0 Å². The van der Waals surface area contributed by atoms with Crippen molar-refractivity contribution < 1.29 is 13.6 Å². The van der Waals surface area contributed by atoms with Gasteiger partial charge in [-0.25, -0.2) is 0 Å². The lowest BCUT2D eigenvalue weighted by Gasteiger charge is -2.44. The molecule has 3 atom stereocenters. The van der Waals surface area contributed by atoms with Gasteiger partial charge in [-0.15, -0.1) is 0 Å². The summed E-state index contributed by atoms with van der Waals surface area (Å²) in [5.41, 5.74) is 1.65. The van der Waals surface area contributed by atoms with E-state index in [4.69, 9.17) is 21.5 Å². The molecule has 1 aliphatic carbocycles. The maximum atomic E-state index is 13.5. The molecule has 0 saturated heterocycles. The number of ketones is 1. The van der Waals surface area contributed by atoms with Crippen LogP contribution in [-0.4, -0.2) is 34.6 Å². The average molecular weight is 479 g/mol. The summed E-state index contributed by atoms with van der Waals surface area (Å²) in [6.07, 6.45) is 2.30. The molecule has 0 amide bonds. The van der Waals surface area contributed by atoms with Gasteiger partial charge in [0, 0.05) is 5.57 Å². The minimum atomic E-state index is -2.12. The molecule has 2 rings (SSSR count). The summed E-state index contributed by atoms with van der Waals surface area (Å²) in [6.45, 7) is 22.4. The fourth-order valence-corrected chi connectivity index (χ4v) is 6.09. The van der Waals surface area contributed by atoms with Crippen LogP contribution in [0.4, 0.5) is 0 Å². The van der Waals surface area contributed by atoms with E-state index in [9.17, 15) is 4.79 Å². The second kappa shape index (κ2) is 9.30. The van der Waals surface area contributed by atoms with E-state index < -0.39 is 21.9 Å². The van der Waals surface area contributed by atoms with Crippen molar-refractivity contribution in [3.8, 4) is 0 Å². The Hall–Kier alpha value is -0.666. The molecule has 0 aromatic heterocycles. The summed E-state index contributed by atoms with van der Waals surface area (Å²) in [5.74, 6) is 0.0274. The van der Waals surface area contributed by atoms with E-state index in [1.54, 1.807) is 0 Å². The van der Waals surface area contributed by atoms with Gasteiger partial charge < -0.3 is 8.85 Å². The number of thiol groups is 1. The van der Waals surface area contributed by atoms with Gasteiger partial charge in [-0.05, 0) is 48.2 Å². The molecule has 0 heterocycles. The van der Waals surface area contributed by atoms with Crippen LogP contribution in [0.3, 0.4) is 0 Å². The largest absolute Gasteiger partial charge is 0.411 e. The van der Waals surface area contributed by atoms with Crippen LogP contribution >= 0.6 is 12.6 Å². The fourth-order valence-electron chi connectivity index (χ4n) is 3.17. The summed E-state index contributed by atoms with van der Waals surface area (Å²) in [7, 11) is -4.13. The third-order valence-corrected chi connectivity index (χ3v) is 16.8. The van der Waals surface area contributed by atoms with Crippen LogP contribution in [0, 0.1) is 0 Å². The van der Waals surface area contributed by atoms with Crippen LogP contribution in [-0.2, 0) is 13.6 Å². The Labute approximate surface area is 197 Å². The molecule has 31 heavy (non-hydrogen) atoms. The Morgan fingerprint density at radius 3 is 1.90 bits per heavy atom. The van der Waals surface area contributed by atoms with E-state index in [0.29, 0.717) is 6.42 Å². The summed E-state index contributed by atoms with van der Waals surface area (Å²) >= 11 is 4.69. The lowest BCUT2D eigenvalue weighted by atomic mass is 10.00. The normalized spacial score (nSPS) is 21.7. The number of hydrogen-bond acceptors (Lipinski definition) is 4. The zero-order valence-electron chi connectivity index (χ0n) is 21.1. The number of carbonyl (C=O) groups excluding carboxylic acids is 1. The Kier molecular flexibility index (Phi) is 7.97. The quantitative estimate of drug-likeness (QED) is 0.329. The van der Waals surface area contributed by atoms with Crippen LogP contribution in [0.5, 0.6) is 0 Å². The molecule has 6 heteroatoms. The number of rotatable bonds is 7. The molecular formula is C25H42O3SSi2. The first-order valence-corrected chi connectivity index (χ1v) is 17.6. The molecule has 1 aliphatic rings. The minimum Gasteiger partial charge on any atom is -0.411 e. The summed E-state index contributed by atoms with van der Waals surface area (Å²) in [4.78, 5) is 13.5. The Morgan fingerprint density at radius 2 is 1.42 bits per heavy atom. The van der Waals surface area contributed by atoms with Crippen LogP contribution in [0.15, 0.2) is 42.0 Å². The zero-order chi connectivity index (χ0) is 23.8. The molecule has 0 radical (unpaired) electrons. The molecule has 0 spiro atoms. The number of carbonyl (C=O) groups is 1. The van der Waals surface area contributed by atoms with Gasteiger partial charge in [0.05, 0.1) is 17.5 Å². The molecule has 1 aromatic rings. The van der Waals surface area contributed by atoms with Crippen LogP contribution in [0.2, 0.25) is 36.3 Å². The van der Waals surface area contributed by atoms with Crippen molar-refractivity contribution in [1.29, 1.82) is 0 Å². The molecular weight excluding hydrogens is 437 g/mol. The van der Waals surface area contributed by atoms with Gasteiger partial charge >= 0.3 is 0 Å². The first-order valence-electron chi connectivity index (χ1n) is 11.3. The van der Waals surface area contributed by atoms with Crippen molar-refractivity contribution in [3.63, 3.8) is 0 Å². The van der Waals surface area contributed by atoms with Crippen molar-refractivity contribution in [2.24, 2.45) is 0 Å². The van der Waals surface area contributed by atoms with E-state index in [1.807, 2.05) is 36.4 Å². The van der Waals surface area contributed by atoms with Crippen LogP contribution < -0.4 is 0 Å². The molecule has 0 aliphatic heterocycles. The van der Waals surface area contributed by atoms with Gasteiger partial charge in [0.15, 0.2) is 22.4 Å². The third-order valence-electron chi connectivity index (χ3n) is 7.34. The highest BCUT2D eigenvalue weighted by Crippen LogP contribution is 2.44. The van der Waals surface area contributed by atoms with Gasteiger partial charge in [-0.1, -0.05) is 78.0 Å². The third kappa shape index (κ3) is 6.02. The summed E-state index contributed by atoms with van der Waals surface area (Å²) < 4.78 is 13.7. The molecule has 1 aromatic carbocycles. The van der Waals surface area contributed by atoms with Gasteiger partial charge in [-0.2, -0.15) is 12.6 Å². The molecule has 0 saturated carbocycles. The van der Waals surface area contributed by atoms with Gasteiger partial charge in [0.25, 0.3) is 0 Å². The predicted octanol–water partition coefficient (Wildman–Crippen LogP) is 7.34. The van der Waals surface area contributed by atoms with E-state index >= 15 is 0 Å². The summed E-state index contributed by atoms with van der Waals surface area (Å²) in [5, 5.41) is -0.354. The monoisotopic (exact) mass is 478 g/mol. The lowest BCUT2D eigenvalue weighted by molar-refractivity contribution is -0.116. The van der Waals surface area contributed by atoms with E-state index in [0.717, 1.165) is 11.1 Å². The number of benzene rings is 1. The minimum absolute atomic E-state index is 0.0274. The highest BCUT2D eigenvalue weighted by atomic mass is 32.1. The van der Waals surface area contributed by atoms with E-state index in [2.05, 4.69) is 67.7 Å². The maximum absolute atomic E-state index is 13.5. The smallest absolute Gasteiger partial charge is 0.193 e. The highest BCUT2D eigenvalue weighted by molar-refractivity contribution is 7.81. The van der Waals surface area contributed by atoms with E-state index in [1.165, 1.54) is 0 Å². The number of hydrogen-bond donors (Lipinski definition) is 1. The standard InChI is InChI=1S/C25H42O3SSi2/c1-24(2,3)30(7,8)27-20-17-16-19(22(20)28-31(9,10)25(4,5)6)21(26)23(29)18-14-12-11-13-15-18/h11-16,20,22-23,29H,17H2,1-10H3. The first-order chi connectivity index (χ1) is 14.0. The van der Waals surface area contributed by atoms with Crippen molar-refractivity contribution >= 4 is 35.0 Å². The SMILES string of the molecule is CC(C)(C)[Si](C)(C)OC1CC=C(C(=O)C(S)c2ccccc2)C1O[Si](C)(C)C(C)(C)C. The Morgan fingerprint density at radius 1 is 0.935 bits per heavy atom. The topological polar surface area (TPSA) is 35.5 Å². The van der Waals surface area contributed by atoms with Crippen molar-refractivity contribution in [2.45, 2.75) is 102 Å². The van der Waals surface area contributed by atoms with Gasteiger partial charge in [-0.3, -0.25) is 4.79 Å². The lowest BCUT2D eigenvalue weighted by Crippen LogP contribution is -2.51. The van der Waals surface area contributed by atoms with Crippen LogP contribution in [0.25, 0.3) is 0 Å². The molecule has 3 nitrogen and oxygen atoms in total. The molecule has 0 N–H and O–H groups in total. The van der Waals surface area contributed by atoms with Crippen molar-refractivity contribution in [2.75, 3.05) is 0 Å². The van der Waals surface area contributed by atoms with Crippen molar-refractivity contribution in [1.82, 2.24) is 0 Å². The zero-order valence-corrected chi connectivity index (χ0v) is 24.0. The molecule has 0 fully saturated rings. The predicted molar refractivity (Wildman–Crippen MR) is 140 cm³/mol. The first kappa shape index (κ1) is 26.6. The second-order valence-electron chi connectivity index (χ2n) is 11.8. The van der Waals surface area contributed by atoms with E-state index in [-0.39, 0.29) is 28.1 Å². The molecule has 174 valence electrons. The maximum Gasteiger partial charge on any atom is 0.193 e. The average Bonchev–Trinajstić information content (AvgIpc) is 3.00. The highest BCUT2D eigenvalue weighted by Gasteiger charge is 2.48. The summed E-state index contributed by atoms with van der Waals surface area (Å²) in [6, 6.07) is 9.76.